The van der Waals surface area contributed by atoms with Crippen LogP contribution in [-0.2, 0) is 26.4 Å². The summed E-state index contributed by atoms with van der Waals surface area (Å²) in [5, 5.41) is 0.102. The van der Waals surface area contributed by atoms with Crippen molar-refractivity contribution in [2.45, 2.75) is 17.9 Å². The summed E-state index contributed by atoms with van der Waals surface area (Å²) in [7, 11) is -6.97. The molecule has 0 amide bonds. The highest BCUT2D eigenvalue weighted by molar-refractivity contribution is 7.91. The second kappa shape index (κ2) is 6.21. The quantitative estimate of drug-likeness (QED) is 0.859. The number of sulfonamides is 1. The molecule has 0 saturated carbocycles. The summed E-state index contributed by atoms with van der Waals surface area (Å²) in [6, 6.07) is 4.54. The van der Waals surface area contributed by atoms with Crippen molar-refractivity contribution in [1.29, 1.82) is 0 Å². The van der Waals surface area contributed by atoms with Gasteiger partial charge in [-0.05, 0) is 24.1 Å². The van der Waals surface area contributed by atoms with Crippen LogP contribution in [0, 0.1) is 0 Å². The third-order valence-electron chi connectivity index (χ3n) is 3.36. The van der Waals surface area contributed by atoms with Crippen molar-refractivity contribution in [1.82, 2.24) is 4.31 Å². The van der Waals surface area contributed by atoms with Gasteiger partial charge in [-0.15, -0.1) is 0 Å². The van der Waals surface area contributed by atoms with Gasteiger partial charge < -0.3 is 5.73 Å². The van der Waals surface area contributed by atoms with Crippen LogP contribution in [0.5, 0.6) is 0 Å². The fourth-order valence-corrected chi connectivity index (χ4v) is 5.58. The van der Waals surface area contributed by atoms with Crippen molar-refractivity contribution in [2.75, 3.05) is 24.6 Å². The first-order valence-electron chi connectivity index (χ1n) is 6.45. The van der Waals surface area contributed by atoms with Gasteiger partial charge in [-0.25, -0.2) is 16.8 Å². The Hall–Kier alpha value is -0.670. The zero-order valence-electron chi connectivity index (χ0n) is 11.3. The van der Waals surface area contributed by atoms with E-state index in [-0.39, 0.29) is 41.1 Å². The molecule has 0 aliphatic carbocycles. The molecule has 0 unspecified atom stereocenters. The molecule has 1 aromatic carbocycles. The van der Waals surface area contributed by atoms with Gasteiger partial charge >= 0.3 is 0 Å². The van der Waals surface area contributed by atoms with E-state index in [1.54, 1.807) is 6.07 Å². The van der Waals surface area contributed by atoms with Crippen LogP contribution < -0.4 is 5.73 Å². The SMILES string of the molecule is NCc1ccc(S(=O)(=O)N2CCCS(=O)(=O)CC2)c(Cl)c1. The highest BCUT2D eigenvalue weighted by atomic mass is 35.5. The molecule has 0 atom stereocenters. The number of halogens is 1. The Labute approximate surface area is 129 Å². The standard InChI is InChI=1S/C12H17ClN2O4S2/c13-11-8-10(9-14)2-3-12(11)21(18,19)15-4-1-6-20(16,17)7-5-15/h2-3,8H,1,4-7,9,14H2. The highest BCUT2D eigenvalue weighted by Gasteiger charge is 2.30. The first-order valence-corrected chi connectivity index (χ1v) is 10.1. The number of rotatable bonds is 3. The lowest BCUT2D eigenvalue weighted by Gasteiger charge is -2.20. The summed E-state index contributed by atoms with van der Waals surface area (Å²) in [4.78, 5) is -0.0133. The minimum absolute atomic E-state index is 0.0128. The van der Waals surface area contributed by atoms with Gasteiger partial charge in [0.05, 0.1) is 16.5 Å². The van der Waals surface area contributed by atoms with E-state index in [2.05, 4.69) is 0 Å². The second-order valence-corrected chi connectivity index (χ2v) is 9.50. The fraction of sp³-hybridized carbons (Fsp3) is 0.500. The molecule has 1 heterocycles. The molecule has 118 valence electrons. The Bertz CT molecular complexity index is 732. The zero-order valence-corrected chi connectivity index (χ0v) is 13.7. The van der Waals surface area contributed by atoms with E-state index in [0.717, 1.165) is 5.56 Å². The van der Waals surface area contributed by atoms with Gasteiger partial charge in [-0.3, -0.25) is 0 Å². The Kier molecular flexibility index (Phi) is 4.94. The molecule has 1 aliphatic heterocycles. The average Bonchev–Trinajstić information content (AvgIpc) is 2.59. The number of nitrogens with zero attached hydrogens (tertiary/aromatic N) is 1. The average molecular weight is 353 g/mol. The first-order chi connectivity index (χ1) is 9.76. The van der Waals surface area contributed by atoms with E-state index in [1.807, 2.05) is 0 Å². The van der Waals surface area contributed by atoms with E-state index < -0.39 is 19.9 Å². The number of hydrogen-bond donors (Lipinski definition) is 1. The third kappa shape index (κ3) is 3.75. The Morgan fingerprint density at radius 2 is 1.95 bits per heavy atom. The van der Waals surface area contributed by atoms with Gasteiger partial charge in [-0.2, -0.15) is 4.31 Å². The van der Waals surface area contributed by atoms with Crippen molar-refractivity contribution in [3.05, 3.63) is 28.8 Å². The number of benzene rings is 1. The van der Waals surface area contributed by atoms with Crippen LogP contribution in [-0.4, -0.2) is 45.7 Å². The van der Waals surface area contributed by atoms with Crippen LogP contribution in [0.4, 0.5) is 0 Å². The van der Waals surface area contributed by atoms with E-state index in [0.29, 0.717) is 6.42 Å². The number of nitrogens with two attached hydrogens (primary N) is 1. The van der Waals surface area contributed by atoms with Crippen LogP contribution in [0.2, 0.25) is 5.02 Å². The maximum atomic E-state index is 12.6. The largest absolute Gasteiger partial charge is 0.326 e. The van der Waals surface area contributed by atoms with E-state index >= 15 is 0 Å². The molecule has 2 rings (SSSR count). The predicted molar refractivity (Wildman–Crippen MR) is 81.4 cm³/mol. The number of sulfone groups is 1. The van der Waals surface area contributed by atoms with Crippen molar-refractivity contribution in [3.8, 4) is 0 Å². The lowest BCUT2D eigenvalue weighted by atomic mass is 10.2. The van der Waals surface area contributed by atoms with Crippen LogP contribution in [0.15, 0.2) is 23.1 Å². The Morgan fingerprint density at radius 3 is 2.57 bits per heavy atom. The van der Waals surface area contributed by atoms with Gasteiger partial charge in [0.25, 0.3) is 0 Å². The molecule has 1 fully saturated rings. The fourth-order valence-electron chi connectivity index (χ4n) is 2.18. The normalized spacial score (nSPS) is 20.1. The van der Waals surface area contributed by atoms with Crippen molar-refractivity contribution in [2.24, 2.45) is 5.73 Å². The molecule has 9 heteroatoms. The zero-order chi connectivity index (χ0) is 15.7. The molecule has 1 saturated heterocycles. The molecular weight excluding hydrogens is 336 g/mol. The molecule has 2 N–H and O–H groups in total. The summed E-state index contributed by atoms with van der Waals surface area (Å²) >= 11 is 6.03. The van der Waals surface area contributed by atoms with Crippen molar-refractivity contribution < 1.29 is 16.8 Å². The van der Waals surface area contributed by atoms with Gasteiger partial charge in [0, 0.05) is 19.6 Å². The van der Waals surface area contributed by atoms with Crippen molar-refractivity contribution in [3.63, 3.8) is 0 Å². The molecule has 0 spiro atoms. The predicted octanol–water partition coefficient (Wildman–Crippen LogP) is 0.608. The lowest BCUT2D eigenvalue weighted by molar-refractivity contribution is 0.434. The second-order valence-electron chi connectivity index (χ2n) is 4.88. The molecule has 6 nitrogen and oxygen atoms in total. The third-order valence-corrected chi connectivity index (χ3v) is 7.46. The summed E-state index contributed by atoms with van der Waals surface area (Å²) < 4.78 is 49.5. The first kappa shape index (κ1) is 16.7. The van der Waals surface area contributed by atoms with Crippen LogP contribution in [0.3, 0.4) is 0 Å². The monoisotopic (exact) mass is 352 g/mol. The molecular formula is C12H17ClN2O4S2. The summed E-state index contributed by atoms with van der Waals surface area (Å²) in [6.07, 6.45) is 0.292. The highest BCUT2D eigenvalue weighted by Crippen LogP contribution is 2.26. The van der Waals surface area contributed by atoms with Crippen LogP contribution in [0.25, 0.3) is 0 Å². The van der Waals surface area contributed by atoms with Gasteiger partial charge in [0.1, 0.15) is 4.90 Å². The molecule has 1 aliphatic rings. The smallest absolute Gasteiger partial charge is 0.244 e. The minimum Gasteiger partial charge on any atom is -0.326 e. The molecule has 0 radical (unpaired) electrons. The lowest BCUT2D eigenvalue weighted by Crippen LogP contribution is -2.33. The van der Waals surface area contributed by atoms with Gasteiger partial charge in [-0.1, -0.05) is 17.7 Å². The van der Waals surface area contributed by atoms with E-state index in [4.69, 9.17) is 17.3 Å². The topological polar surface area (TPSA) is 97.5 Å². The van der Waals surface area contributed by atoms with Crippen LogP contribution >= 0.6 is 11.6 Å². The molecule has 0 aromatic heterocycles. The minimum atomic E-state index is -3.80. The molecule has 1 aromatic rings. The molecule has 0 bridgehead atoms. The van der Waals surface area contributed by atoms with E-state index in [1.165, 1.54) is 16.4 Å². The molecule has 21 heavy (non-hydrogen) atoms. The number of hydrogen-bond acceptors (Lipinski definition) is 5. The summed E-state index contributed by atoms with van der Waals surface area (Å²) in [5.74, 6) is -0.149. The van der Waals surface area contributed by atoms with Crippen LogP contribution in [0.1, 0.15) is 12.0 Å². The maximum Gasteiger partial charge on any atom is 0.244 e. The Morgan fingerprint density at radius 1 is 1.24 bits per heavy atom. The van der Waals surface area contributed by atoms with Gasteiger partial charge in [0.15, 0.2) is 9.84 Å². The maximum absolute atomic E-state index is 12.6. The van der Waals surface area contributed by atoms with Gasteiger partial charge in [0.2, 0.25) is 10.0 Å². The Balaban J connectivity index is 2.34. The summed E-state index contributed by atoms with van der Waals surface area (Å²) in [5.41, 5.74) is 6.22. The van der Waals surface area contributed by atoms with E-state index in [9.17, 15) is 16.8 Å². The van der Waals surface area contributed by atoms with Crippen molar-refractivity contribution >= 4 is 31.5 Å². The summed E-state index contributed by atoms with van der Waals surface area (Å²) in [6.45, 7) is 0.401.